The minimum absolute atomic E-state index is 0.0580. The number of fused-ring (bicyclic) bond motifs is 1. The first-order valence-corrected chi connectivity index (χ1v) is 11.9. The molecule has 1 N–H and O–H groups in total. The quantitative estimate of drug-likeness (QED) is 0.719. The molecular formula is C20H24N5O3S2+. The summed E-state index contributed by atoms with van der Waals surface area (Å²) in [5.41, 5.74) is 0. The van der Waals surface area contributed by atoms with Crippen LogP contribution < -0.4 is 5.32 Å². The lowest BCUT2D eigenvalue weighted by Crippen LogP contribution is -2.54. The number of carbonyl (C=O) groups is 3. The maximum absolute atomic E-state index is 12.9. The van der Waals surface area contributed by atoms with Crippen LogP contribution in [0.15, 0.2) is 27.5 Å². The number of hydrogen-bond acceptors (Lipinski definition) is 7. The minimum Gasteiger partial charge on any atom is -0.353 e. The summed E-state index contributed by atoms with van der Waals surface area (Å²) in [6.45, 7) is 0. The van der Waals surface area contributed by atoms with Gasteiger partial charge in [0.05, 0.1) is 24.7 Å². The Morgan fingerprint density at radius 2 is 2.07 bits per heavy atom. The molecule has 1 saturated carbocycles. The number of urea groups is 1. The van der Waals surface area contributed by atoms with Crippen molar-refractivity contribution < 1.29 is 19.0 Å². The van der Waals surface area contributed by atoms with Crippen LogP contribution >= 0.6 is 23.1 Å². The number of nitrogens with one attached hydrogen (secondary N) is 1. The Labute approximate surface area is 183 Å². The molecule has 4 amide bonds. The fourth-order valence-electron chi connectivity index (χ4n) is 3.86. The number of amidine groups is 2. The second-order valence-corrected chi connectivity index (χ2v) is 9.53. The lowest BCUT2D eigenvalue weighted by Gasteiger charge is -2.26. The molecule has 0 saturated heterocycles. The van der Waals surface area contributed by atoms with Crippen molar-refractivity contribution in [3.05, 3.63) is 22.4 Å². The zero-order chi connectivity index (χ0) is 21.3. The molecule has 3 aliphatic rings. The SMILES string of the molecule is CN1C(=O)C2C(SCC(=O)NC3CCCCC3)=NC(c3cccs3)=NC2=[N+](C)C1=O. The molecule has 1 aliphatic carbocycles. The molecule has 10 heteroatoms. The van der Waals surface area contributed by atoms with Gasteiger partial charge < -0.3 is 5.32 Å². The van der Waals surface area contributed by atoms with Gasteiger partial charge in [0.1, 0.15) is 5.04 Å². The predicted molar refractivity (Wildman–Crippen MR) is 119 cm³/mol. The van der Waals surface area contributed by atoms with Gasteiger partial charge in [-0.1, -0.05) is 42.1 Å². The highest BCUT2D eigenvalue weighted by molar-refractivity contribution is 8.14. The van der Waals surface area contributed by atoms with Crippen LogP contribution in [0.2, 0.25) is 0 Å². The fourth-order valence-corrected chi connectivity index (χ4v) is 5.40. The molecular weight excluding hydrogens is 422 g/mol. The highest BCUT2D eigenvalue weighted by Crippen LogP contribution is 2.27. The van der Waals surface area contributed by atoms with Crippen LogP contribution in [0.25, 0.3) is 0 Å². The molecule has 1 fully saturated rings. The molecule has 0 bridgehead atoms. The van der Waals surface area contributed by atoms with Gasteiger partial charge in [0, 0.05) is 6.04 Å². The first-order chi connectivity index (χ1) is 14.5. The smallest absolute Gasteiger partial charge is 0.353 e. The fraction of sp³-hybridized carbons (Fsp3) is 0.500. The average Bonchev–Trinajstić information content (AvgIpc) is 3.30. The molecule has 1 atom stereocenters. The third kappa shape index (κ3) is 4.11. The Kier molecular flexibility index (Phi) is 6.14. The number of imide groups is 1. The number of thiophene rings is 1. The highest BCUT2D eigenvalue weighted by atomic mass is 32.2. The molecule has 30 heavy (non-hydrogen) atoms. The standard InChI is InChI=1S/C20H23N5O3S2/c1-24-17-15(19(27)25(2)20(24)28)18(23-16(22-17)13-9-6-10-29-13)30-11-14(26)21-12-7-4-3-5-8-12/h6,9-10,12,15H,3-5,7-8,11H2,1-2H3/p+1. The number of amides is 4. The Bertz CT molecular complexity index is 961. The second-order valence-electron chi connectivity index (χ2n) is 7.58. The largest absolute Gasteiger partial charge is 0.445 e. The van der Waals surface area contributed by atoms with Crippen LogP contribution in [0.4, 0.5) is 4.79 Å². The van der Waals surface area contributed by atoms with E-state index in [1.165, 1.54) is 41.1 Å². The van der Waals surface area contributed by atoms with E-state index in [1.54, 1.807) is 7.05 Å². The molecule has 158 valence electrons. The maximum atomic E-state index is 12.9. The van der Waals surface area contributed by atoms with Crippen molar-refractivity contribution in [2.24, 2.45) is 15.9 Å². The van der Waals surface area contributed by atoms with Crippen LogP contribution in [-0.2, 0) is 9.59 Å². The lowest BCUT2D eigenvalue weighted by atomic mass is 9.95. The molecule has 1 aromatic rings. The van der Waals surface area contributed by atoms with Crippen molar-refractivity contribution >= 4 is 57.7 Å². The normalized spacial score (nSPS) is 22.6. The van der Waals surface area contributed by atoms with Gasteiger partial charge in [0.15, 0.2) is 5.92 Å². The van der Waals surface area contributed by atoms with Gasteiger partial charge in [-0.25, -0.2) is 9.79 Å². The maximum Gasteiger partial charge on any atom is 0.445 e. The van der Waals surface area contributed by atoms with Gasteiger partial charge in [-0.2, -0.15) is 9.48 Å². The minimum atomic E-state index is -0.770. The number of hydrogen-bond donors (Lipinski definition) is 1. The van der Waals surface area contributed by atoms with Crippen molar-refractivity contribution in [2.45, 2.75) is 38.1 Å². The second kappa shape index (κ2) is 8.81. The number of aliphatic imine (C=N–C) groups is 2. The van der Waals surface area contributed by atoms with Gasteiger partial charge in [0.25, 0.3) is 5.84 Å². The molecule has 1 aromatic heterocycles. The number of carbonyl (C=O) groups excluding carboxylic acids is 3. The Balaban J connectivity index is 1.58. The van der Waals surface area contributed by atoms with Crippen molar-refractivity contribution in [3.8, 4) is 0 Å². The summed E-state index contributed by atoms with van der Waals surface area (Å²) in [6.07, 6.45) is 5.55. The van der Waals surface area contributed by atoms with E-state index in [0.29, 0.717) is 16.7 Å². The first kappa shape index (κ1) is 20.9. The van der Waals surface area contributed by atoms with E-state index in [1.807, 2.05) is 17.5 Å². The van der Waals surface area contributed by atoms with Crippen molar-refractivity contribution in [1.82, 2.24) is 10.2 Å². The predicted octanol–water partition coefficient (Wildman–Crippen LogP) is 2.34. The number of rotatable bonds is 4. The van der Waals surface area contributed by atoms with Gasteiger partial charge in [0.2, 0.25) is 11.7 Å². The van der Waals surface area contributed by atoms with Crippen molar-refractivity contribution in [2.75, 3.05) is 19.8 Å². The van der Waals surface area contributed by atoms with E-state index in [0.717, 1.165) is 35.5 Å². The van der Waals surface area contributed by atoms with Crippen LogP contribution in [0, 0.1) is 5.92 Å². The summed E-state index contributed by atoms with van der Waals surface area (Å²) >= 11 is 2.73. The molecule has 0 aromatic carbocycles. The van der Waals surface area contributed by atoms with E-state index >= 15 is 0 Å². The van der Waals surface area contributed by atoms with E-state index in [2.05, 4.69) is 15.3 Å². The van der Waals surface area contributed by atoms with Crippen LogP contribution in [-0.4, -0.2) is 69.9 Å². The topological polar surface area (TPSA) is 94.2 Å². The van der Waals surface area contributed by atoms with E-state index in [4.69, 9.17) is 0 Å². The van der Waals surface area contributed by atoms with E-state index in [9.17, 15) is 14.4 Å². The highest BCUT2D eigenvalue weighted by Gasteiger charge is 2.49. The average molecular weight is 447 g/mol. The van der Waals surface area contributed by atoms with Crippen molar-refractivity contribution in [1.29, 1.82) is 0 Å². The van der Waals surface area contributed by atoms with Crippen LogP contribution in [0.3, 0.4) is 0 Å². The summed E-state index contributed by atoms with van der Waals surface area (Å²) in [5.74, 6) is -0.210. The Morgan fingerprint density at radius 1 is 1.30 bits per heavy atom. The summed E-state index contributed by atoms with van der Waals surface area (Å²) in [5, 5.41) is 5.51. The molecule has 1 unspecified atom stereocenters. The van der Waals surface area contributed by atoms with E-state index < -0.39 is 11.9 Å². The van der Waals surface area contributed by atoms with Gasteiger partial charge in [-0.05, 0) is 24.3 Å². The molecule has 0 radical (unpaired) electrons. The third-order valence-electron chi connectivity index (χ3n) is 5.50. The van der Waals surface area contributed by atoms with Crippen LogP contribution in [0.1, 0.15) is 37.0 Å². The molecule has 0 spiro atoms. The van der Waals surface area contributed by atoms with Gasteiger partial charge in [-0.3, -0.25) is 9.59 Å². The molecule has 2 aliphatic heterocycles. The molecule has 4 rings (SSSR count). The van der Waals surface area contributed by atoms with Crippen molar-refractivity contribution in [3.63, 3.8) is 0 Å². The molecule has 3 heterocycles. The Hall–Kier alpha value is -2.33. The summed E-state index contributed by atoms with van der Waals surface area (Å²) in [4.78, 5) is 48.9. The first-order valence-electron chi connectivity index (χ1n) is 10.0. The zero-order valence-corrected chi connectivity index (χ0v) is 18.6. The Morgan fingerprint density at radius 3 is 2.77 bits per heavy atom. The third-order valence-corrected chi connectivity index (χ3v) is 7.39. The van der Waals surface area contributed by atoms with Gasteiger partial charge in [-0.15, -0.1) is 11.3 Å². The lowest BCUT2D eigenvalue weighted by molar-refractivity contribution is -0.407. The van der Waals surface area contributed by atoms with Crippen LogP contribution in [0.5, 0.6) is 0 Å². The molecule has 8 nitrogen and oxygen atoms in total. The zero-order valence-electron chi connectivity index (χ0n) is 17.0. The van der Waals surface area contributed by atoms with E-state index in [-0.39, 0.29) is 23.6 Å². The number of nitrogens with zero attached hydrogens (tertiary/aromatic N) is 4. The van der Waals surface area contributed by atoms with Gasteiger partial charge >= 0.3 is 11.9 Å². The monoisotopic (exact) mass is 446 g/mol. The summed E-state index contributed by atoms with van der Waals surface area (Å²) in [6, 6.07) is 3.59. The summed E-state index contributed by atoms with van der Waals surface area (Å²) < 4.78 is 1.39. The number of thioether (sulfide) groups is 1. The summed E-state index contributed by atoms with van der Waals surface area (Å²) in [7, 11) is 3.06.